The lowest BCUT2D eigenvalue weighted by Crippen LogP contribution is -2.37. The zero-order chi connectivity index (χ0) is 17.9. The van der Waals surface area contributed by atoms with Crippen molar-refractivity contribution in [3.8, 4) is 6.07 Å². The third-order valence-corrected chi connectivity index (χ3v) is 5.86. The smallest absolute Gasteiger partial charge is 0.247 e. The van der Waals surface area contributed by atoms with Gasteiger partial charge in [-0.3, -0.25) is 0 Å². The van der Waals surface area contributed by atoms with Crippen LogP contribution < -0.4 is 10.2 Å². The van der Waals surface area contributed by atoms with Crippen LogP contribution in [-0.2, 0) is 9.84 Å². The summed E-state index contributed by atoms with van der Waals surface area (Å²) in [5.74, 6) is 1.13. The van der Waals surface area contributed by atoms with Crippen molar-refractivity contribution < 1.29 is 8.42 Å². The van der Waals surface area contributed by atoms with Crippen LogP contribution in [-0.4, -0.2) is 47.7 Å². The van der Waals surface area contributed by atoms with Gasteiger partial charge in [-0.25, -0.2) is 8.42 Å². The largest absolute Gasteiger partial charge is 0.338 e. The van der Waals surface area contributed by atoms with Crippen molar-refractivity contribution in [3.05, 3.63) is 36.0 Å². The number of nitrogens with one attached hydrogen (secondary N) is 1. The standard InChI is InChI=1S/C16H18N6O2S/c1-2-22(13-7-8-25(23,24)11-13)16-20-15(10-18-21-16)19-14-6-4-3-5-12(14)9-17/h3-6,10,13H,2,7-8,11H2,1H3,(H,19,20,21). The van der Waals surface area contributed by atoms with Crippen LogP contribution in [0.3, 0.4) is 0 Å². The first-order valence-corrected chi connectivity index (χ1v) is 9.77. The average Bonchev–Trinajstić information content (AvgIpc) is 2.96. The van der Waals surface area contributed by atoms with Gasteiger partial charge in [-0.15, -0.1) is 5.10 Å². The summed E-state index contributed by atoms with van der Waals surface area (Å²) in [7, 11) is -3.00. The predicted molar refractivity (Wildman–Crippen MR) is 94.3 cm³/mol. The summed E-state index contributed by atoms with van der Waals surface area (Å²) in [5.41, 5.74) is 1.12. The average molecular weight is 358 g/mol. The molecular formula is C16H18N6O2S. The molecule has 1 aliphatic heterocycles. The Morgan fingerprint density at radius 3 is 2.88 bits per heavy atom. The summed E-state index contributed by atoms with van der Waals surface area (Å²) < 4.78 is 23.5. The number of aromatic nitrogens is 3. The van der Waals surface area contributed by atoms with E-state index in [-0.39, 0.29) is 17.5 Å². The molecule has 0 spiro atoms. The molecule has 1 aromatic heterocycles. The molecule has 0 aliphatic carbocycles. The van der Waals surface area contributed by atoms with E-state index in [0.29, 0.717) is 36.0 Å². The third kappa shape index (κ3) is 3.85. The summed E-state index contributed by atoms with van der Waals surface area (Å²) in [6.45, 7) is 2.51. The molecule has 1 atom stereocenters. The van der Waals surface area contributed by atoms with Crippen LogP contribution in [0.5, 0.6) is 0 Å². The van der Waals surface area contributed by atoms with Gasteiger partial charge in [0, 0.05) is 12.6 Å². The van der Waals surface area contributed by atoms with Gasteiger partial charge in [0.05, 0.1) is 29.0 Å². The Morgan fingerprint density at radius 2 is 2.20 bits per heavy atom. The minimum Gasteiger partial charge on any atom is -0.338 e. The van der Waals surface area contributed by atoms with Crippen molar-refractivity contribution in [3.63, 3.8) is 0 Å². The van der Waals surface area contributed by atoms with Crippen LogP contribution in [0.25, 0.3) is 0 Å². The van der Waals surface area contributed by atoms with Gasteiger partial charge in [-0.1, -0.05) is 12.1 Å². The highest BCUT2D eigenvalue weighted by molar-refractivity contribution is 7.91. The molecule has 0 radical (unpaired) electrons. The van der Waals surface area contributed by atoms with E-state index in [1.165, 1.54) is 6.20 Å². The highest BCUT2D eigenvalue weighted by Gasteiger charge is 2.33. The molecular weight excluding hydrogens is 340 g/mol. The molecule has 2 aromatic rings. The van der Waals surface area contributed by atoms with Crippen molar-refractivity contribution in [2.75, 3.05) is 28.3 Å². The summed E-state index contributed by atoms with van der Waals surface area (Å²) in [6.07, 6.45) is 2.03. The van der Waals surface area contributed by atoms with E-state index < -0.39 is 9.84 Å². The number of para-hydroxylation sites is 1. The second-order valence-electron chi connectivity index (χ2n) is 5.77. The van der Waals surface area contributed by atoms with Gasteiger partial charge in [0.2, 0.25) is 5.95 Å². The number of nitriles is 1. The molecule has 1 saturated heterocycles. The van der Waals surface area contributed by atoms with E-state index in [1.54, 1.807) is 18.2 Å². The zero-order valence-electron chi connectivity index (χ0n) is 13.8. The normalized spacial score (nSPS) is 18.5. The maximum atomic E-state index is 11.7. The Hall–Kier alpha value is -2.73. The number of rotatable bonds is 5. The molecule has 130 valence electrons. The lowest BCUT2D eigenvalue weighted by molar-refractivity contribution is 0.598. The first-order chi connectivity index (χ1) is 12.0. The van der Waals surface area contributed by atoms with E-state index in [9.17, 15) is 8.42 Å². The second-order valence-corrected chi connectivity index (χ2v) is 8.00. The SMILES string of the molecule is CCN(c1nncc(Nc2ccccc2C#N)n1)C1CCS(=O)(=O)C1. The van der Waals surface area contributed by atoms with Crippen LogP contribution in [0.1, 0.15) is 18.9 Å². The Labute approximate surface area is 146 Å². The molecule has 0 amide bonds. The topological polar surface area (TPSA) is 112 Å². The molecule has 2 heterocycles. The molecule has 1 N–H and O–H groups in total. The Bertz CT molecular complexity index is 909. The maximum absolute atomic E-state index is 11.7. The minimum absolute atomic E-state index is 0.110. The first-order valence-electron chi connectivity index (χ1n) is 7.95. The monoisotopic (exact) mass is 358 g/mol. The Morgan fingerprint density at radius 1 is 1.40 bits per heavy atom. The first kappa shape index (κ1) is 17.1. The van der Waals surface area contributed by atoms with Crippen LogP contribution in [0, 0.1) is 11.3 Å². The molecule has 1 aromatic carbocycles. The van der Waals surface area contributed by atoms with E-state index in [2.05, 4.69) is 26.6 Å². The fourth-order valence-corrected chi connectivity index (χ4v) is 4.62. The van der Waals surface area contributed by atoms with Gasteiger partial charge < -0.3 is 10.2 Å². The van der Waals surface area contributed by atoms with E-state index in [4.69, 9.17) is 5.26 Å². The fourth-order valence-electron chi connectivity index (χ4n) is 2.89. The van der Waals surface area contributed by atoms with Crippen molar-refractivity contribution >= 4 is 27.3 Å². The van der Waals surface area contributed by atoms with Crippen molar-refractivity contribution in [1.82, 2.24) is 15.2 Å². The molecule has 0 bridgehead atoms. The minimum atomic E-state index is -3.00. The lowest BCUT2D eigenvalue weighted by Gasteiger charge is -2.26. The number of anilines is 3. The van der Waals surface area contributed by atoms with Gasteiger partial charge in [-0.2, -0.15) is 15.3 Å². The predicted octanol–water partition coefficient (Wildman–Crippen LogP) is 1.50. The quantitative estimate of drug-likeness (QED) is 0.856. The van der Waals surface area contributed by atoms with Gasteiger partial charge in [-0.05, 0) is 25.5 Å². The third-order valence-electron chi connectivity index (χ3n) is 4.10. The maximum Gasteiger partial charge on any atom is 0.247 e. The van der Waals surface area contributed by atoms with E-state index in [1.807, 2.05) is 17.9 Å². The molecule has 25 heavy (non-hydrogen) atoms. The van der Waals surface area contributed by atoms with Gasteiger partial charge in [0.25, 0.3) is 0 Å². The lowest BCUT2D eigenvalue weighted by atomic mass is 10.2. The Balaban J connectivity index is 1.84. The number of nitrogens with zero attached hydrogens (tertiary/aromatic N) is 5. The van der Waals surface area contributed by atoms with Crippen molar-refractivity contribution in [2.24, 2.45) is 0 Å². The number of sulfone groups is 1. The van der Waals surface area contributed by atoms with Gasteiger partial charge in [0.1, 0.15) is 6.07 Å². The van der Waals surface area contributed by atoms with Crippen molar-refractivity contribution in [1.29, 1.82) is 5.26 Å². The molecule has 0 saturated carbocycles. The summed E-state index contributed by atoms with van der Waals surface area (Å²) in [5, 5.41) is 20.3. The van der Waals surface area contributed by atoms with Gasteiger partial charge in [0.15, 0.2) is 15.7 Å². The second kappa shape index (κ2) is 7.03. The number of hydrogen-bond donors (Lipinski definition) is 1. The highest BCUT2D eigenvalue weighted by Crippen LogP contribution is 2.23. The van der Waals surface area contributed by atoms with Crippen LogP contribution in [0.4, 0.5) is 17.5 Å². The number of benzene rings is 1. The van der Waals surface area contributed by atoms with Crippen molar-refractivity contribution in [2.45, 2.75) is 19.4 Å². The van der Waals surface area contributed by atoms with E-state index >= 15 is 0 Å². The van der Waals surface area contributed by atoms with E-state index in [0.717, 1.165) is 0 Å². The van der Waals surface area contributed by atoms with Gasteiger partial charge >= 0.3 is 0 Å². The summed E-state index contributed by atoms with van der Waals surface area (Å²) in [6, 6.07) is 9.07. The summed E-state index contributed by atoms with van der Waals surface area (Å²) in [4.78, 5) is 6.30. The van der Waals surface area contributed by atoms with Crippen LogP contribution in [0.2, 0.25) is 0 Å². The Kier molecular flexibility index (Phi) is 4.81. The zero-order valence-corrected chi connectivity index (χ0v) is 14.6. The summed E-state index contributed by atoms with van der Waals surface area (Å²) >= 11 is 0. The number of hydrogen-bond acceptors (Lipinski definition) is 8. The molecule has 1 fully saturated rings. The molecule has 9 heteroatoms. The highest BCUT2D eigenvalue weighted by atomic mass is 32.2. The fraction of sp³-hybridized carbons (Fsp3) is 0.375. The molecule has 1 unspecified atom stereocenters. The van der Waals surface area contributed by atoms with Crippen LogP contribution >= 0.6 is 0 Å². The molecule has 8 nitrogen and oxygen atoms in total. The molecule has 3 rings (SSSR count). The molecule has 1 aliphatic rings. The van der Waals surface area contributed by atoms with Crippen LogP contribution in [0.15, 0.2) is 30.5 Å².